The van der Waals surface area contributed by atoms with E-state index in [0.29, 0.717) is 0 Å². The Morgan fingerprint density at radius 2 is 1.76 bits per heavy atom. The van der Waals surface area contributed by atoms with Gasteiger partial charge in [-0.1, -0.05) is 77.1 Å². The Hall–Kier alpha value is -2.73. The molecule has 230 valence electrons. The zero-order valence-electron chi connectivity index (χ0n) is 26.1. The number of carbonyl (C=O) groups excluding carboxylic acids is 2. The highest BCUT2D eigenvalue weighted by atomic mass is 32.1. The summed E-state index contributed by atoms with van der Waals surface area (Å²) in [4.78, 5) is 34.3. The molecule has 0 saturated carbocycles. The summed E-state index contributed by atoms with van der Waals surface area (Å²) in [5.74, 6) is 2.34. The van der Waals surface area contributed by atoms with E-state index in [0.717, 1.165) is 53.9 Å². The number of amides is 2. The summed E-state index contributed by atoms with van der Waals surface area (Å²) < 4.78 is 0. The third kappa shape index (κ3) is 9.65. The molecule has 0 spiro atoms. The van der Waals surface area contributed by atoms with Crippen LogP contribution in [-0.2, 0) is 9.59 Å². The van der Waals surface area contributed by atoms with Crippen LogP contribution in [-0.4, -0.2) is 58.1 Å². The van der Waals surface area contributed by atoms with Gasteiger partial charge in [0.15, 0.2) is 0 Å². The fraction of sp³-hybridized carbons (Fsp3) is 0.618. The summed E-state index contributed by atoms with van der Waals surface area (Å²) in [5.41, 5.74) is 4.59. The second kappa shape index (κ2) is 16.2. The van der Waals surface area contributed by atoms with Crippen LogP contribution in [0.25, 0.3) is 10.4 Å². The van der Waals surface area contributed by atoms with Crippen LogP contribution in [0, 0.1) is 24.7 Å². The van der Waals surface area contributed by atoms with Gasteiger partial charge in [-0.25, -0.2) is 4.98 Å². The summed E-state index contributed by atoms with van der Waals surface area (Å²) in [6.07, 6.45) is 13.7. The maximum atomic E-state index is 13.8. The van der Waals surface area contributed by atoms with Crippen molar-refractivity contribution >= 4 is 23.2 Å². The molecular weight excluding hydrogens is 544 g/mol. The SMILES string of the molecule is C#CCCCCCCCCCN[C@H](C(=O)N1C[C@H](O)C[C@H]1C(=O)N[C@@H](C)c1ccc(-c2scnc2C)cc1)C(C)(C)C. The Kier molecular flexibility index (Phi) is 13.0. The van der Waals surface area contributed by atoms with Gasteiger partial charge < -0.3 is 20.6 Å². The molecule has 1 aliphatic rings. The lowest BCUT2D eigenvalue weighted by molar-refractivity contribution is -0.142. The average molecular weight is 595 g/mol. The molecule has 1 aromatic carbocycles. The Bertz CT molecular complexity index is 1180. The van der Waals surface area contributed by atoms with Crippen LogP contribution in [0.15, 0.2) is 29.8 Å². The molecule has 1 fully saturated rings. The molecule has 0 aliphatic carbocycles. The number of benzene rings is 1. The van der Waals surface area contributed by atoms with Crippen molar-refractivity contribution in [3.8, 4) is 22.8 Å². The fourth-order valence-electron chi connectivity index (χ4n) is 5.61. The number of aliphatic hydroxyl groups excluding tert-OH is 1. The van der Waals surface area contributed by atoms with Gasteiger partial charge in [0, 0.05) is 19.4 Å². The average Bonchev–Trinajstić information content (AvgIpc) is 3.56. The first-order valence-corrected chi connectivity index (χ1v) is 16.4. The smallest absolute Gasteiger partial charge is 0.243 e. The monoisotopic (exact) mass is 594 g/mol. The number of terminal acetylenes is 1. The predicted octanol–water partition coefficient (Wildman–Crippen LogP) is 6.02. The van der Waals surface area contributed by atoms with Crippen molar-refractivity contribution in [2.45, 2.75) is 117 Å². The molecule has 8 heteroatoms. The topological polar surface area (TPSA) is 94.6 Å². The zero-order chi connectivity index (χ0) is 30.7. The first-order valence-electron chi connectivity index (χ1n) is 15.5. The summed E-state index contributed by atoms with van der Waals surface area (Å²) in [6.45, 7) is 11.0. The van der Waals surface area contributed by atoms with Crippen LogP contribution in [0.5, 0.6) is 0 Å². The number of aromatic nitrogens is 1. The van der Waals surface area contributed by atoms with Gasteiger partial charge in [-0.3, -0.25) is 9.59 Å². The first-order chi connectivity index (χ1) is 20.0. The lowest BCUT2D eigenvalue weighted by atomic mass is 9.85. The maximum absolute atomic E-state index is 13.8. The van der Waals surface area contributed by atoms with Crippen molar-refractivity contribution in [2.75, 3.05) is 13.1 Å². The van der Waals surface area contributed by atoms with Crippen molar-refractivity contribution in [2.24, 2.45) is 5.41 Å². The molecule has 1 saturated heterocycles. The van der Waals surface area contributed by atoms with E-state index in [4.69, 9.17) is 6.42 Å². The van der Waals surface area contributed by atoms with E-state index < -0.39 is 18.2 Å². The van der Waals surface area contributed by atoms with Crippen LogP contribution in [0.2, 0.25) is 0 Å². The molecule has 2 amide bonds. The van der Waals surface area contributed by atoms with Crippen molar-refractivity contribution in [3.05, 3.63) is 41.0 Å². The van der Waals surface area contributed by atoms with Gasteiger partial charge in [-0.15, -0.1) is 23.7 Å². The molecule has 4 atom stereocenters. The molecule has 2 heterocycles. The van der Waals surface area contributed by atoms with E-state index in [1.807, 2.05) is 52.3 Å². The van der Waals surface area contributed by atoms with Gasteiger partial charge in [0.1, 0.15) is 6.04 Å². The molecular formula is C34H50N4O3S. The van der Waals surface area contributed by atoms with E-state index in [1.54, 1.807) is 16.2 Å². The Morgan fingerprint density at radius 3 is 2.36 bits per heavy atom. The third-order valence-corrected chi connectivity index (χ3v) is 9.08. The molecule has 0 unspecified atom stereocenters. The minimum Gasteiger partial charge on any atom is -0.391 e. The molecule has 1 aromatic heterocycles. The lowest BCUT2D eigenvalue weighted by Crippen LogP contribution is -2.56. The lowest BCUT2D eigenvalue weighted by Gasteiger charge is -2.35. The highest BCUT2D eigenvalue weighted by Gasteiger charge is 2.44. The second-order valence-electron chi connectivity index (χ2n) is 12.7. The van der Waals surface area contributed by atoms with Crippen molar-refractivity contribution in [3.63, 3.8) is 0 Å². The second-order valence-corrected chi connectivity index (χ2v) is 13.6. The number of carbonyl (C=O) groups is 2. The molecule has 2 aromatic rings. The first kappa shape index (κ1) is 33.8. The number of rotatable bonds is 15. The number of thiazole rings is 1. The summed E-state index contributed by atoms with van der Waals surface area (Å²) in [5, 5.41) is 17.1. The summed E-state index contributed by atoms with van der Waals surface area (Å²) in [6, 6.07) is 6.76. The third-order valence-electron chi connectivity index (χ3n) is 8.10. The number of β-amino-alcohol motifs (C(OH)–C–C–N with tert-alkyl or cyclic N) is 1. The van der Waals surface area contributed by atoms with Gasteiger partial charge in [0.25, 0.3) is 0 Å². The van der Waals surface area contributed by atoms with Crippen LogP contribution >= 0.6 is 11.3 Å². The van der Waals surface area contributed by atoms with Gasteiger partial charge in [0.2, 0.25) is 11.8 Å². The Labute approximate surface area is 256 Å². The molecule has 3 N–H and O–H groups in total. The van der Waals surface area contributed by atoms with Crippen LogP contribution in [0.3, 0.4) is 0 Å². The number of aryl methyl sites for hydroxylation is 1. The molecule has 0 radical (unpaired) electrons. The van der Waals surface area contributed by atoms with E-state index in [2.05, 4.69) is 33.7 Å². The number of aliphatic hydroxyl groups is 1. The quantitative estimate of drug-likeness (QED) is 0.173. The normalized spacial score (nSPS) is 18.5. The minimum atomic E-state index is -0.719. The van der Waals surface area contributed by atoms with Crippen LogP contribution in [0.1, 0.15) is 103 Å². The van der Waals surface area contributed by atoms with Crippen molar-refractivity contribution in [1.82, 2.24) is 20.5 Å². The van der Waals surface area contributed by atoms with Crippen LogP contribution < -0.4 is 10.6 Å². The van der Waals surface area contributed by atoms with E-state index in [9.17, 15) is 14.7 Å². The zero-order valence-corrected chi connectivity index (χ0v) is 26.9. The maximum Gasteiger partial charge on any atom is 0.243 e. The van der Waals surface area contributed by atoms with E-state index >= 15 is 0 Å². The molecule has 0 bridgehead atoms. The number of unbranched alkanes of at least 4 members (excludes halogenated alkanes) is 7. The molecule has 1 aliphatic heterocycles. The predicted molar refractivity (Wildman–Crippen MR) is 172 cm³/mol. The molecule has 3 rings (SSSR count). The highest BCUT2D eigenvalue weighted by molar-refractivity contribution is 7.13. The van der Waals surface area contributed by atoms with Gasteiger partial charge >= 0.3 is 0 Å². The van der Waals surface area contributed by atoms with Crippen molar-refractivity contribution < 1.29 is 14.7 Å². The number of likely N-dealkylation sites (tertiary alicyclic amines) is 1. The van der Waals surface area contributed by atoms with Gasteiger partial charge in [0.05, 0.1) is 34.3 Å². The number of hydrogen-bond donors (Lipinski definition) is 3. The van der Waals surface area contributed by atoms with E-state index in [1.165, 1.54) is 25.7 Å². The summed E-state index contributed by atoms with van der Waals surface area (Å²) in [7, 11) is 0. The largest absolute Gasteiger partial charge is 0.391 e. The number of nitrogens with one attached hydrogen (secondary N) is 2. The van der Waals surface area contributed by atoms with E-state index in [-0.39, 0.29) is 36.2 Å². The van der Waals surface area contributed by atoms with Gasteiger partial charge in [-0.05, 0) is 49.8 Å². The molecule has 42 heavy (non-hydrogen) atoms. The number of hydrogen-bond acceptors (Lipinski definition) is 6. The Balaban J connectivity index is 1.55. The minimum absolute atomic E-state index is 0.121. The Morgan fingerprint density at radius 1 is 1.12 bits per heavy atom. The standard InChI is InChI=1S/C34H50N4O3S/c1-7-8-9-10-11-12-13-14-15-20-35-31(34(4,5)6)33(41)38-22-28(39)21-29(38)32(40)37-24(2)26-16-18-27(19-17-26)30-25(3)36-23-42-30/h1,16-19,23-24,28-29,31,35,39H,8-15,20-22H2,2-6H3,(H,37,40)/t24-,28+,29-,31+/m0/s1. The van der Waals surface area contributed by atoms with Crippen molar-refractivity contribution in [1.29, 1.82) is 0 Å². The summed E-state index contributed by atoms with van der Waals surface area (Å²) >= 11 is 1.61. The molecule has 7 nitrogen and oxygen atoms in total. The van der Waals surface area contributed by atoms with Gasteiger partial charge in [-0.2, -0.15) is 0 Å². The fourth-order valence-corrected chi connectivity index (χ4v) is 6.42. The highest BCUT2D eigenvalue weighted by Crippen LogP contribution is 2.29. The van der Waals surface area contributed by atoms with Crippen LogP contribution in [0.4, 0.5) is 0 Å². The number of nitrogens with zero attached hydrogens (tertiary/aromatic N) is 2.